The zero-order chi connectivity index (χ0) is 16.2. The van der Waals surface area contributed by atoms with Crippen LogP contribution in [0, 0.1) is 0 Å². The Morgan fingerprint density at radius 2 is 2.00 bits per heavy atom. The summed E-state index contributed by atoms with van der Waals surface area (Å²) in [6, 6.07) is 15.8. The van der Waals surface area contributed by atoms with Gasteiger partial charge in [0.1, 0.15) is 0 Å². The number of hydrazine groups is 1. The van der Waals surface area contributed by atoms with Crippen molar-refractivity contribution in [1.29, 1.82) is 0 Å². The lowest BCUT2D eigenvalue weighted by atomic mass is 10.0. The van der Waals surface area contributed by atoms with Gasteiger partial charge in [-0.2, -0.15) is 0 Å². The highest BCUT2D eigenvalue weighted by atomic mass is 35.5. The third-order valence-corrected chi connectivity index (χ3v) is 4.88. The summed E-state index contributed by atoms with van der Waals surface area (Å²) in [6.45, 7) is 0. The largest absolute Gasteiger partial charge is 0.335 e. The Bertz CT molecular complexity index is 695. The van der Waals surface area contributed by atoms with Crippen molar-refractivity contribution in [3.05, 3.63) is 64.7 Å². The molecule has 4 nitrogen and oxygen atoms in total. The molecule has 2 unspecified atom stereocenters. The fraction of sp³-hybridized carbons (Fsp3) is 0.235. The summed E-state index contributed by atoms with van der Waals surface area (Å²) in [5.74, 6) is -0.168. The van der Waals surface area contributed by atoms with Gasteiger partial charge in [0.25, 0.3) is 5.91 Å². The fourth-order valence-corrected chi connectivity index (χ4v) is 3.24. The van der Waals surface area contributed by atoms with Gasteiger partial charge in [-0.15, -0.1) is 11.8 Å². The van der Waals surface area contributed by atoms with Gasteiger partial charge < -0.3 is 5.32 Å². The second-order valence-corrected chi connectivity index (χ2v) is 6.65. The first kappa shape index (κ1) is 16.3. The van der Waals surface area contributed by atoms with Gasteiger partial charge >= 0.3 is 0 Å². The molecule has 1 aliphatic rings. The van der Waals surface area contributed by atoms with Gasteiger partial charge in [0.15, 0.2) is 0 Å². The van der Waals surface area contributed by atoms with E-state index in [-0.39, 0.29) is 18.1 Å². The fourth-order valence-electron chi connectivity index (χ4n) is 2.60. The van der Waals surface area contributed by atoms with E-state index in [1.54, 1.807) is 17.8 Å². The maximum atomic E-state index is 12.5. The third-order valence-electron chi connectivity index (χ3n) is 3.83. The molecular formula is C17H18ClN3OS. The Morgan fingerprint density at radius 1 is 1.22 bits per heavy atom. The van der Waals surface area contributed by atoms with E-state index in [1.165, 1.54) is 5.56 Å². The molecule has 1 saturated heterocycles. The SMILES string of the molecule is CSc1ccc(Cl)c(C(=O)NC2CC(c3ccccc3)NN2)c1. The molecule has 0 spiro atoms. The number of benzene rings is 2. The average molecular weight is 348 g/mol. The topological polar surface area (TPSA) is 53.2 Å². The Morgan fingerprint density at radius 3 is 2.74 bits per heavy atom. The Labute approximate surface area is 145 Å². The van der Waals surface area contributed by atoms with Crippen molar-refractivity contribution < 1.29 is 4.79 Å². The lowest BCUT2D eigenvalue weighted by molar-refractivity contribution is 0.0932. The van der Waals surface area contributed by atoms with Crippen LogP contribution in [0.4, 0.5) is 0 Å². The molecule has 1 heterocycles. The zero-order valence-electron chi connectivity index (χ0n) is 12.7. The number of hydrogen-bond acceptors (Lipinski definition) is 4. The molecule has 1 amide bonds. The molecule has 0 aromatic heterocycles. The summed E-state index contributed by atoms with van der Waals surface area (Å²) in [6.07, 6.45) is 2.61. The van der Waals surface area contributed by atoms with Crippen LogP contribution in [-0.2, 0) is 0 Å². The monoisotopic (exact) mass is 347 g/mol. The number of hydrogen-bond donors (Lipinski definition) is 3. The normalized spacial score (nSPS) is 20.4. The van der Waals surface area contributed by atoms with Crippen molar-refractivity contribution in [3.8, 4) is 0 Å². The molecular weight excluding hydrogens is 330 g/mol. The molecule has 1 fully saturated rings. The lowest BCUT2D eigenvalue weighted by Crippen LogP contribution is -2.44. The number of thioether (sulfide) groups is 1. The third kappa shape index (κ3) is 3.87. The number of carbonyl (C=O) groups excluding carboxylic acids is 1. The number of rotatable bonds is 4. The molecule has 0 saturated carbocycles. The number of carbonyl (C=O) groups is 1. The minimum atomic E-state index is -0.168. The van der Waals surface area contributed by atoms with E-state index < -0.39 is 0 Å². The van der Waals surface area contributed by atoms with Crippen LogP contribution >= 0.6 is 23.4 Å². The van der Waals surface area contributed by atoms with Gasteiger partial charge in [0.2, 0.25) is 0 Å². The summed E-state index contributed by atoms with van der Waals surface area (Å²) < 4.78 is 0. The smallest absolute Gasteiger partial charge is 0.254 e. The van der Waals surface area contributed by atoms with Gasteiger partial charge in [-0.3, -0.25) is 4.79 Å². The zero-order valence-corrected chi connectivity index (χ0v) is 14.2. The van der Waals surface area contributed by atoms with E-state index in [2.05, 4.69) is 28.3 Å². The first-order valence-electron chi connectivity index (χ1n) is 7.38. The Kier molecular flexibility index (Phi) is 5.23. The Hall–Kier alpha value is -1.53. The van der Waals surface area contributed by atoms with Crippen LogP contribution in [0.5, 0.6) is 0 Å². The first-order valence-corrected chi connectivity index (χ1v) is 8.98. The van der Waals surface area contributed by atoms with Crippen LogP contribution in [-0.4, -0.2) is 18.3 Å². The molecule has 3 rings (SSSR count). The highest BCUT2D eigenvalue weighted by Gasteiger charge is 2.26. The number of nitrogens with one attached hydrogen (secondary N) is 3. The molecule has 2 aromatic rings. The average Bonchev–Trinajstić information content (AvgIpc) is 3.04. The molecule has 1 aliphatic heterocycles. The van der Waals surface area contributed by atoms with Crippen LogP contribution in [0.25, 0.3) is 0 Å². The molecule has 2 atom stereocenters. The van der Waals surface area contributed by atoms with Crippen molar-refractivity contribution in [2.45, 2.75) is 23.5 Å². The van der Waals surface area contributed by atoms with E-state index in [0.29, 0.717) is 10.6 Å². The van der Waals surface area contributed by atoms with Gasteiger partial charge in [-0.05, 0) is 30.0 Å². The summed E-state index contributed by atoms with van der Waals surface area (Å²) in [7, 11) is 0. The molecule has 2 aromatic carbocycles. The van der Waals surface area contributed by atoms with Gasteiger partial charge in [-0.1, -0.05) is 41.9 Å². The maximum Gasteiger partial charge on any atom is 0.254 e. The van der Waals surface area contributed by atoms with Crippen LogP contribution < -0.4 is 16.2 Å². The summed E-state index contributed by atoms with van der Waals surface area (Å²) >= 11 is 7.73. The van der Waals surface area contributed by atoms with E-state index >= 15 is 0 Å². The highest BCUT2D eigenvalue weighted by Crippen LogP contribution is 2.24. The number of halogens is 1. The van der Waals surface area contributed by atoms with Crippen molar-refractivity contribution in [3.63, 3.8) is 0 Å². The van der Waals surface area contributed by atoms with E-state index in [4.69, 9.17) is 11.6 Å². The molecule has 0 radical (unpaired) electrons. The van der Waals surface area contributed by atoms with Crippen LogP contribution in [0.1, 0.15) is 28.4 Å². The molecule has 0 bridgehead atoms. The maximum absolute atomic E-state index is 12.5. The molecule has 6 heteroatoms. The minimum absolute atomic E-state index is 0.137. The van der Waals surface area contributed by atoms with E-state index in [0.717, 1.165) is 11.3 Å². The molecule has 3 N–H and O–H groups in total. The molecule has 23 heavy (non-hydrogen) atoms. The van der Waals surface area contributed by atoms with Crippen molar-refractivity contribution >= 4 is 29.3 Å². The van der Waals surface area contributed by atoms with Gasteiger partial charge in [0, 0.05) is 17.4 Å². The van der Waals surface area contributed by atoms with Crippen LogP contribution in [0.3, 0.4) is 0 Å². The predicted molar refractivity (Wildman–Crippen MR) is 94.6 cm³/mol. The second kappa shape index (κ2) is 7.36. The predicted octanol–water partition coefficient (Wildman–Crippen LogP) is 3.36. The van der Waals surface area contributed by atoms with Crippen molar-refractivity contribution in [2.24, 2.45) is 0 Å². The van der Waals surface area contributed by atoms with E-state index in [9.17, 15) is 4.79 Å². The first-order chi connectivity index (χ1) is 11.2. The quantitative estimate of drug-likeness (QED) is 0.742. The van der Waals surface area contributed by atoms with Crippen molar-refractivity contribution in [1.82, 2.24) is 16.2 Å². The lowest BCUT2D eigenvalue weighted by Gasteiger charge is -2.13. The molecule has 120 valence electrons. The molecule has 0 aliphatic carbocycles. The Balaban J connectivity index is 1.65. The highest BCUT2D eigenvalue weighted by molar-refractivity contribution is 7.98. The van der Waals surface area contributed by atoms with Gasteiger partial charge in [0.05, 0.1) is 16.8 Å². The standard InChI is InChI=1S/C17H18ClN3OS/c1-23-12-7-8-14(18)13(9-12)17(22)19-16-10-15(20-21-16)11-5-3-2-4-6-11/h2-9,15-16,20-21H,10H2,1H3,(H,19,22). The van der Waals surface area contributed by atoms with Crippen LogP contribution in [0.2, 0.25) is 5.02 Å². The summed E-state index contributed by atoms with van der Waals surface area (Å²) in [5, 5.41) is 3.44. The van der Waals surface area contributed by atoms with E-state index in [1.807, 2.05) is 36.6 Å². The second-order valence-electron chi connectivity index (χ2n) is 5.36. The van der Waals surface area contributed by atoms with Crippen LogP contribution in [0.15, 0.2) is 53.4 Å². The summed E-state index contributed by atoms with van der Waals surface area (Å²) in [5.41, 5.74) is 8.04. The van der Waals surface area contributed by atoms with Crippen molar-refractivity contribution in [2.75, 3.05) is 6.26 Å². The van der Waals surface area contributed by atoms with Gasteiger partial charge in [-0.25, -0.2) is 10.9 Å². The number of amides is 1. The summed E-state index contributed by atoms with van der Waals surface area (Å²) in [4.78, 5) is 13.5. The minimum Gasteiger partial charge on any atom is -0.335 e.